The van der Waals surface area contributed by atoms with Crippen molar-refractivity contribution in [2.24, 2.45) is 0 Å². The number of benzene rings is 2. The van der Waals surface area contributed by atoms with E-state index in [1.54, 1.807) is 35.0 Å². The van der Waals surface area contributed by atoms with Gasteiger partial charge < -0.3 is 20.3 Å². The van der Waals surface area contributed by atoms with Crippen LogP contribution in [0, 0.1) is 19.7 Å². The zero-order valence-electron chi connectivity index (χ0n) is 19.0. The number of aryl methyl sites for hydroxylation is 2. The van der Waals surface area contributed by atoms with E-state index < -0.39 is 23.8 Å². The van der Waals surface area contributed by atoms with Crippen molar-refractivity contribution >= 4 is 34.9 Å². The molecule has 8 nitrogen and oxygen atoms in total. The van der Waals surface area contributed by atoms with Gasteiger partial charge in [0, 0.05) is 42.5 Å². The SMILES string of the molecule is COC1CC(C(=O)Nc2ccc(-n3nc(C)cc3C)cc2F)N(C(=O)Nc2ccc(Cl)cc2)C1. The predicted molar refractivity (Wildman–Crippen MR) is 128 cm³/mol. The summed E-state index contributed by atoms with van der Waals surface area (Å²) in [7, 11) is 1.53. The molecule has 2 unspecified atom stereocenters. The van der Waals surface area contributed by atoms with Crippen LogP contribution in [0.2, 0.25) is 5.02 Å². The summed E-state index contributed by atoms with van der Waals surface area (Å²) < 4.78 is 21.9. The summed E-state index contributed by atoms with van der Waals surface area (Å²) >= 11 is 5.89. The molecule has 0 spiro atoms. The molecule has 2 heterocycles. The van der Waals surface area contributed by atoms with Crippen LogP contribution in [0.3, 0.4) is 0 Å². The fourth-order valence-corrected chi connectivity index (χ4v) is 4.14. The van der Waals surface area contributed by atoms with E-state index in [1.165, 1.54) is 24.1 Å². The Morgan fingerprint density at radius 3 is 2.47 bits per heavy atom. The maximum Gasteiger partial charge on any atom is 0.322 e. The minimum absolute atomic E-state index is 0.0224. The number of carbonyl (C=O) groups is 2. The van der Waals surface area contributed by atoms with Gasteiger partial charge in [-0.15, -0.1) is 0 Å². The average Bonchev–Trinajstić information content (AvgIpc) is 3.39. The molecule has 178 valence electrons. The van der Waals surface area contributed by atoms with Crippen molar-refractivity contribution in [2.75, 3.05) is 24.3 Å². The molecule has 1 aliphatic rings. The number of rotatable bonds is 5. The third-order valence-electron chi connectivity index (χ3n) is 5.72. The molecule has 10 heteroatoms. The van der Waals surface area contributed by atoms with Crippen molar-refractivity contribution in [1.29, 1.82) is 0 Å². The molecule has 2 atom stereocenters. The number of nitrogens with one attached hydrogen (secondary N) is 2. The summed E-state index contributed by atoms with van der Waals surface area (Å²) in [4.78, 5) is 27.3. The summed E-state index contributed by atoms with van der Waals surface area (Å²) in [6.07, 6.45) is -0.0214. The minimum atomic E-state index is -0.827. The summed E-state index contributed by atoms with van der Waals surface area (Å²) in [6.45, 7) is 3.97. The van der Waals surface area contributed by atoms with Crippen LogP contribution in [0.1, 0.15) is 17.8 Å². The number of amides is 3. The first-order valence-electron chi connectivity index (χ1n) is 10.7. The van der Waals surface area contributed by atoms with Crippen molar-refractivity contribution < 1.29 is 18.7 Å². The molecule has 0 bridgehead atoms. The van der Waals surface area contributed by atoms with E-state index in [2.05, 4.69) is 15.7 Å². The van der Waals surface area contributed by atoms with E-state index in [0.717, 1.165) is 11.4 Å². The number of carbonyl (C=O) groups excluding carboxylic acids is 2. The number of halogens is 2. The molecule has 34 heavy (non-hydrogen) atoms. The van der Waals surface area contributed by atoms with Gasteiger partial charge in [-0.3, -0.25) is 4.79 Å². The maximum atomic E-state index is 14.9. The van der Waals surface area contributed by atoms with Crippen molar-refractivity contribution in [3.63, 3.8) is 0 Å². The Balaban J connectivity index is 1.49. The van der Waals surface area contributed by atoms with Gasteiger partial charge in [0.15, 0.2) is 0 Å². The molecule has 1 aromatic heterocycles. The van der Waals surface area contributed by atoms with Gasteiger partial charge in [0.2, 0.25) is 5.91 Å². The van der Waals surface area contributed by atoms with E-state index in [-0.39, 0.29) is 18.3 Å². The lowest BCUT2D eigenvalue weighted by atomic mass is 10.1. The highest BCUT2D eigenvalue weighted by Crippen LogP contribution is 2.25. The minimum Gasteiger partial charge on any atom is -0.380 e. The number of nitrogens with zero attached hydrogens (tertiary/aromatic N) is 3. The third kappa shape index (κ3) is 5.05. The molecule has 1 fully saturated rings. The number of hydrogen-bond acceptors (Lipinski definition) is 4. The first-order valence-corrected chi connectivity index (χ1v) is 11.1. The van der Waals surface area contributed by atoms with Crippen molar-refractivity contribution in [2.45, 2.75) is 32.4 Å². The highest BCUT2D eigenvalue weighted by molar-refractivity contribution is 6.30. The summed E-state index contributed by atoms with van der Waals surface area (Å²) in [5, 5.41) is 10.3. The molecule has 0 radical (unpaired) electrons. The zero-order valence-corrected chi connectivity index (χ0v) is 19.8. The number of aromatic nitrogens is 2. The number of methoxy groups -OCH3 is 1. The second-order valence-corrected chi connectivity index (χ2v) is 8.63. The van der Waals surface area contributed by atoms with Crippen LogP contribution in [-0.4, -0.2) is 52.4 Å². The topological polar surface area (TPSA) is 88.5 Å². The van der Waals surface area contributed by atoms with Crippen molar-refractivity contribution in [3.8, 4) is 5.69 Å². The number of urea groups is 1. The molecule has 4 rings (SSSR count). The van der Waals surface area contributed by atoms with Gasteiger partial charge in [0.1, 0.15) is 11.9 Å². The third-order valence-corrected chi connectivity index (χ3v) is 5.97. The van der Waals surface area contributed by atoms with Crippen molar-refractivity contribution in [3.05, 3.63) is 70.8 Å². The highest BCUT2D eigenvalue weighted by Gasteiger charge is 2.40. The van der Waals surface area contributed by atoms with Crippen LogP contribution >= 0.6 is 11.6 Å². The lowest BCUT2D eigenvalue weighted by Gasteiger charge is -2.24. The van der Waals surface area contributed by atoms with E-state index in [9.17, 15) is 14.0 Å². The average molecular weight is 486 g/mol. The highest BCUT2D eigenvalue weighted by atomic mass is 35.5. The van der Waals surface area contributed by atoms with Crippen LogP contribution in [0.5, 0.6) is 0 Å². The first kappa shape index (κ1) is 23.7. The molecule has 3 aromatic rings. The van der Waals surface area contributed by atoms with Crippen LogP contribution in [-0.2, 0) is 9.53 Å². The monoisotopic (exact) mass is 485 g/mol. The van der Waals surface area contributed by atoms with E-state index in [0.29, 0.717) is 22.8 Å². The van der Waals surface area contributed by atoms with E-state index in [4.69, 9.17) is 16.3 Å². The quantitative estimate of drug-likeness (QED) is 0.555. The second kappa shape index (κ2) is 9.82. The number of anilines is 2. The standard InChI is InChI=1S/C24H25ClFN5O3/c1-14-10-15(2)31(29-14)18-8-9-21(20(26)11-18)28-23(32)22-12-19(34-3)13-30(22)24(33)27-17-6-4-16(25)5-7-17/h4-11,19,22H,12-13H2,1-3H3,(H,27,33)(H,28,32). The first-order chi connectivity index (χ1) is 16.2. The zero-order chi connectivity index (χ0) is 24.4. The second-order valence-electron chi connectivity index (χ2n) is 8.19. The predicted octanol–water partition coefficient (Wildman–Crippen LogP) is 4.54. The smallest absolute Gasteiger partial charge is 0.322 e. The fraction of sp³-hybridized carbons (Fsp3) is 0.292. The van der Waals surface area contributed by atoms with Crippen LogP contribution in [0.15, 0.2) is 48.5 Å². The van der Waals surface area contributed by atoms with Crippen LogP contribution < -0.4 is 10.6 Å². The summed E-state index contributed by atoms with van der Waals surface area (Å²) in [5.74, 6) is -1.10. The Bertz CT molecular complexity index is 1210. The van der Waals surface area contributed by atoms with Crippen molar-refractivity contribution in [1.82, 2.24) is 14.7 Å². The molecule has 2 N–H and O–H groups in total. The molecule has 2 aromatic carbocycles. The molecule has 3 amide bonds. The maximum absolute atomic E-state index is 14.9. The lowest BCUT2D eigenvalue weighted by Crippen LogP contribution is -2.45. The molecule has 0 saturated carbocycles. The summed E-state index contributed by atoms with van der Waals surface area (Å²) in [6, 6.07) is 11.7. The van der Waals surface area contributed by atoms with Gasteiger partial charge in [-0.1, -0.05) is 11.6 Å². The van der Waals surface area contributed by atoms with Crippen LogP contribution in [0.4, 0.5) is 20.6 Å². The fourth-order valence-electron chi connectivity index (χ4n) is 4.01. The molecule has 0 aliphatic carbocycles. The lowest BCUT2D eigenvalue weighted by molar-refractivity contribution is -0.119. The Labute approximate surface area is 201 Å². The van der Waals surface area contributed by atoms with Gasteiger partial charge >= 0.3 is 6.03 Å². The Kier molecular flexibility index (Phi) is 6.85. The molecule has 1 aliphatic heterocycles. The number of likely N-dealkylation sites (tertiary alicyclic amines) is 1. The Morgan fingerprint density at radius 1 is 1.12 bits per heavy atom. The number of ether oxygens (including phenoxy) is 1. The van der Waals surface area contributed by atoms with Gasteiger partial charge in [0.25, 0.3) is 0 Å². The van der Waals surface area contributed by atoms with Gasteiger partial charge in [0.05, 0.1) is 23.2 Å². The normalized spacial score (nSPS) is 17.6. The van der Waals surface area contributed by atoms with Gasteiger partial charge in [-0.2, -0.15) is 5.10 Å². The Morgan fingerprint density at radius 2 is 1.85 bits per heavy atom. The van der Waals surface area contributed by atoms with Gasteiger partial charge in [-0.05, 0) is 56.3 Å². The largest absolute Gasteiger partial charge is 0.380 e. The molecular weight excluding hydrogens is 461 g/mol. The Hall–Kier alpha value is -3.43. The van der Waals surface area contributed by atoms with Crippen LogP contribution in [0.25, 0.3) is 5.69 Å². The summed E-state index contributed by atoms with van der Waals surface area (Å²) in [5.41, 5.74) is 2.80. The van der Waals surface area contributed by atoms with E-state index >= 15 is 0 Å². The van der Waals surface area contributed by atoms with E-state index in [1.807, 2.05) is 19.9 Å². The van der Waals surface area contributed by atoms with Gasteiger partial charge in [-0.25, -0.2) is 13.9 Å². The number of hydrogen-bond donors (Lipinski definition) is 2. The molecular formula is C24H25ClFN5O3. The molecule has 1 saturated heterocycles.